The molecule has 16 heavy (non-hydrogen) atoms. The highest BCUT2D eigenvalue weighted by atomic mass is 16.5. The largest absolute Gasteiger partial charge is 0.377 e. The second-order valence-corrected chi connectivity index (χ2v) is 4.91. The molecule has 0 atom stereocenters. The van der Waals surface area contributed by atoms with Crippen molar-refractivity contribution in [3.05, 3.63) is 29.7 Å². The fourth-order valence-electron chi connectivity index (χ4n) is 1.78. The van der Waals surface area contributed by atoms with Crippen molar-refractivity contribution in [2.45, 2.75) is 32.8 Å². The summed E-state index contributed by atoms with van der Waals surface area (Å²) in [5.41, 5.74) is 2.19. The molecule has 4 nitrogen and oxygen atoms in total. The van der Waals surface area contributed by atoms with Crippen molar-refractivity contribution < 1.29 is 4.74 Å². The monoisotopic (exact) mass is 219 g/mol. The maximum Gasteiger partial charge on any atom is 0.164 e. The molecule has 0 aliphatic carbocycles. The minimum absolute atomic E-state index is 0.0693. The van der Waals surface area contributed by atoms with E-state index in [1.54, 1.807) is 7.11 Å². The molecule has 2 aromatic rings. The maximum atomic E-state index is 5.10. The van der Waals surface area contributed by atoms with Gasteiger partial charge in [0, 0.05) is 18.9 Å². The van der Waals surface area contributed by atoms with Crippen LogP contribution in [0.2, 0.25) is 0 Å². The number of hydrogen-bond acceptors (Lipinski definition) is 3. The van der Waals surface area contributed by atoms with Crippen molar-refractivity contribution in [3.8, 4) is 0 Å². The minimum atomic E-state index is 0.0693. The van der Waals surface area contributed by atoms with Gasteiger partial charge in [-0.15, -0.1) is 10.2 Å². The van der Waals surface area contributed by atoms with E-state index < -0.39 is 0 Å². The predicted molar refractivity (Wildman–Crippen MR) is 62.4 cm³/mol. The molecule has 0 aliphatic rings. The topological polar surface area (TPSA) is 39.4 Å². The summed E-state index contributed by atoms with van der Waals surface area (Å²) in [5.74, 6) is 0.837. The number of nitrogens with zero attached hydrogens (tertiary/aromatic N) is 3. The Kier molecular flexibility index (Phi) is 2.68. The summed E-state index contributed by atoms with van der Waals surface area (Å²) in [6.07, 6.45) is 1.97. The molecule has 0 radical (unpaired) electrons. The molecular weight excluding hydrogens is 202 g/mol. The van der Waals surface area contributed by atoms with Gasteiger partial charge in [-0.2, -0.15) is 0 Å². The van der Waals surface area contributed by atoms with Gasteiger partial charge in [-0.05, 0) is 11.5 Å². The lowest BCUT2D eigenvalue weighted by Crippen LogP contribution is -2.13. The molecule has 0 amide bonds. The Labute approximate surface area is 95.3 Å². The molecule has 0 bridgehead atoms. The van der Waals surface area contributed by atoms with Gasteiger partial charge in [0.15, 0.2) is 11.5 Å². The molecule has 0 spiro atoms. The van der Waals surface area contributed by atoms with Crippen LogP contribution in [0.5, 0.6) is 0 Å². The van der Waals surface area contributed by atoms with Crippen molar-refractivity contribution in [1.82, 2.24) is 14.6 Å². The van der Waals surface area contributed by atoms with Crippen molar-refractivity contribution in [1.29, 1.82) is 0 Å². The van der Waals surface area contributed by atoms with Crippen LogP contribution in [0.4, 0.5) is 0 Å². The van der Waals surface area contributed by atoms with E-state index >= 15 is 0 Å². The van der Waals surface area contributed by atoms with Crippen LogP contribution < -0.4 is 0 Å². The smallest absolute Gasteiger partial charge is 0.164 e. The molecule has 2 rings (SSSR count). The number of methoxy groups -OCH3 is 1. The van der Waals surface area contributed by atoms with E-state index in [1.165, 1.54) is 5.56 Å². The number of pyridine rings is 1. The van der Waals surface area contributed by atoms with Gasteiger partial charge >= 0.3 is 0 Å². The van der Waals surface area contributed by atoms with Gasteiger partial charge in [0.25, 0.3) is 0 Å². The third-order valence-electron chi connectivity index (χ3n) is 2.59. The molecule has 0 saturated heterocycles. The molecule has 0 unspecified atom stereocenters. The molecule has 86 valence electrons. The van der Waals surface area contributed by atoms with E-state index in [2.05, 4.69) is 37.0 Å². The quantitative estimate of drug-likeness (QED) is 0.777. The van der Waals surface area contributed by atoms with Crippen molar-refractivity contribution in [2.75, 3.05) is 7.11 Å². The van der Waals surface area contributed by atoms with E-state index in [-0.39, 0.29) is 5.41 Å². The molecular formula is C12H17N3O. The zero-order valence-corrected chi connectivity index (χ0v) is 10.2. The number of rotatable bonds is 2. The maximum absolute atomic E-state index is 5.10. The molecule has 2 heterocycles. The van der Waals surface area contributed by atoms with Crippen LogP contribution in [0.25, 0.3) is 5.65 Å². The fraction of sp³-hybridized carbons (Fsp3) is 0.500. The zero-order valence-electron chi connectivity index (χ0n) is 10.2. The first-order chi connectivity index (χ1) is 7.54. The standard InChI is InChI=1S/C12H17N3O/c1-12(2,3)9-6-5-7-15-10(8-16-4)13-14-11(9)15/h5-7H,8H2,1-4H3. The van der Waals surface area contributed by atoms with Gasteiger partial charge in [-0.1, -0.05) is 26.8 Å². The Bertz CT molecular complexity index is 496. The van der Waals surface area contributed by atoms with Crippen molar-refractivity contribution in [3.63, 3.8) is 0 Å². The van der Waals surface area contributed by atoms with Gasteiger partial charge in [0.1, 0.15) is 6.61 Å². The summed E-state index contributed by atoms with van der Waals surface area (Å²) in [6, 6.07) is 4.12. The minimum Gasteiger partial charge on any atom is -0.377 e. The average molecular weight is 219 g/mol. The first-order valence-electron chi connectivity index (χ1n) is 5.36. The summed E-state index contributed by atoms with van der Waals surface area (Å²) < 4.78 is 7.09. The molecule has 2 aromatic heterocycles. The molecule has 0 N–H and O–H groups in total. The summed E-state index contributed by atoms with van der Waals surface area (Å²) in [5, 5.41) is 8.38. The first kappa shape index (κ1) is 11.1. The van der Waals surface area contributed by atoms with Crippen LogP contribution in [0.1, 0.15) is 32.2 Å². The van der Waals surface area contributed by atoms with Crippen LogP contribution in [-0.2, 0) is 16.8 Å². The zero-order chi connectivity index (χ0) is 11.8. The molecule has 4 heteroatoms. The lowest BCUT2D eigenvalue weighted by molar-refractivity contribution is 0.177. The second-order valence-electron chi connectivity index (χ2n) is 4.91. The van der Waals surface area contributed by atoms with Crippen LogP contribution in [0.15, 0.2) is 18.3 Å². The first-order valence-corrected chi connectivity index (χ1v) is 5.36. The third-order valence-corrected chi connectivity index (χ3v) is 2.59. The predicted octanol–water partition coefficient (Wildman–Crippen LogP) is 2.17. The van der Waals surface area contributed by atoms with Gasteiger partial charge in [-0.3, -0.25) is 4.40 Å². The Morgan fingerprint density at radius 1 is 1.31 bits per heavy atom. The summed E-state index contributed by atoms with van der Waals surface area (Å²) in [7, 11) is 1.66. The van der Waals surface area contributed by atoms with E-state index in [4.69, 9.17) is 4.74 Å². The molecule has 0 saturated carbocycles. The van der Waals surface area contributed by atoms with Gasteiger partial charge in [0.05, 0.1) is 0 Å². The van der Waals surface area contributed by atoms with Crippen LogP contribution in [-0.4, -0.2) is 21.7 Å². The number of fused-ring (bicyclic) bond motifs is 1. The molecule has 0 aliphatic heterocycles. The highest BCUT2D eigenvalue weighted by molar-refractivity contribution is 5.50. The van der Waals surface area contributed by atoms with Crippen LogP contribution in [0, 0.1) is 0 Å². The van der Waals surface area contributed by atoms with E-state index in [9.17, 15) is 0 Å². The second kappa shape index (κ2) is 3.87. The average Bonchev–Trinajstić information content (AvgIpc) is 2.61. The van der Waals surface area contributed by atoms with E-state index in [0.29, 0.717) is 6.61 Å². The number of hydrogen-bond donors (Lipinski definition) is 0. The SMILES string of the molecule is COCc1nnc2c(C(C)(C)C)cccn12. The Hall–Kier alpha value is -1.42. The third kappa shape index (κ3) is 1.80. The molecule has 0 fully saturated rings. The van der Waals surface area contributed by atoms with E-state index in [1.807, 2.05) is 16.7 Å². The van der Waals surface area contributed by atoms with Crippen molar-refractivity contribution in [2.24, 2.45) is 0 Å². The fourth-order valence-corrected chi connectivity index (χ4v) is 1.78. The van der Waals surface area contributed by atoms with Crippen molar-refractivity contribution >= 4 is 5.65 Å². The lowest BCUT2D eigenvalue weighted by Gasteiger charge is -2.19. The lowest BCUT2D eigenvalue weighted by atomic mass is 9.88. The summed E-state index contributed by atoms with van der Waals surface area (Å²) in [4.78, 5) is 0. The Balaban J connectivity index is 2.62. The summed E-state index contributed by atoms with van der Waals surface area (Å²) >= 11 is 0. The highest BCUT2D eigenvalue weighted by Crippen LogP contribution is 2.25. The summed E-state index contributed by atoms with van der Waals surface area (Å²) in [6.45, 7) is 7.00. The number of ether oxygens (including phenoxy) is 1. The van der Waals surface area contributed by atoms with Gasteiger partial charge in [-0.25, -0.2) is 0 Å². The van der Waals surface area contributed by atoms with Gasteiger partial charge < -0.3 is 4.74 Å². The van der Waals surface area contributed by atoms with Crippen LogP contribution >= 0.6 is 0 Å². The Morgan fingerprint density at radius 2 is 2.06 bits per heavy atom. The molecule has 0 aromatic carbocycles. The van der Waals surface area contributed by atoms with E-state index in [0.717, 1.165) is 11.5 Å². The van der Waals surface area contributed by atoms with Gasteiger partial charge in [0.2, 0.25) is 0 Å². The number of aromatic nitrogens is 3. The highest BCUT2D eigenvalue weighted by Gasteiger charge is 2.19. The van der Waals surface area contributed by atoms with Crippen LogP contribution in [0.3, 0.4) is 0 Å². The Morgan fingerprint density at radius 3 is 2.69 bits per heavy atom. The normalized spacial score (nSPS) is 12.2.